The van der Waals surface area contributed by atoms with Crippen LogP contribution in [0.4, 0.5) is 10.5 Å². The van der Waals surface area contributed by atoms with Gasteiger partial charge < -0.3 is 10.1 Å². The molecule has 0 aliphatic carbocycles. The quantitative estimate of drug-likeness (QED) is 0.395. The summed E-state index contributed by atoms with van der Waals surface area (Å²) in [7, 11) is 1.40. The predicted octanol–water partition coefficient (Wildman–Crippen LogP) is 2.30. The third-order valence-corrected chi connectivity index (χ3v) is 3.43. The van der Waals surface area contributed by atoms with Crippen molar-refractivity contribution in [2.24, 2.45) is 0 Å². The maximum Gasteiger partial charge on any atom is 0.328 e. The number of nitrogens with zero attached hydrogens (tertiary/aromatic N) is 3. The highest BCUT2D eigenvalue weighted by Gasteiger charge is 2.29. The van der Waals surface area contributed by atoms with Crippen molar-refractivity contribution in [1.82, 2.24) is 15.2 Å². The van der Waals surface area contributed by atoms with Gasteiger partial charge in [0.1, 0.15) is 17.6 Å². The number of carbonyl (C=O) groups is 2. The van der Waals surface area contributed by atoms with Crippen molar-refractivity contribution >= 4 is 23.7 Å². The van der Waals surface area contributed by atoms with Crippen LogP contribution in [-0.2, 0) is 4.79 Å². The van der Waals surface area contributed by atoms with Crippen molar-refractivity contribution in [2.45, 2.75) is 0 Å². The minimum absolute atomic E-state index is 0.123. The van der Waals surface area contributed by atoms with Crippen LogP contribution in [0.5, 0.6) is 11.6 Å². The number of hydrogen-bond acceptors (Lipinski definition) is 6. The number of nitrogens with one attached hydrogen (secondary N) is 1. The number of amides is 3. The molecule has 0 atom stereocenters. The molecule has 0 unspecified atom stereocenters. The van der Waals surface area contributed by atoms with Crippen molar-refractivity contribution in [3.63, 3.8) is 0 Å². The van der Waals surface area contributed by atoms with Crippen LogP contribution < -0.4 is 10.1 Å². The Hall–Kier alpha value is -3.75. The van der Waals surface area contributed by atoms with E-state index in [0.717, 1.165) is 11.1 Å². The topological polar surface area (TPSA) is 115 Å². The molecule has 0 saturated carbocycles. The molecule has 3 rings (SSSR count). The first-order chi connectivity index (χ1) is 11.9. The molecule has 1 saturated heterocycles. The van der Waals surface area contributed by atoms with Gasteiger partial charge in [0.2, 0.25) is 5.88 Å². The van der Waals surface area contributed by atoms with E-state index in [4.69, 9.17) is 4.74 Å². The van der Waals surface area contributed by atoms with Crippen LogP contribution in [0.3, 0.4) is 0 Å². The molecule has 1 fully saturated rings. The molecule has 1 N–H and O–H groups in total. The van der Waals surface area contributed by atoms with Gasteiger partial charge in [0.05, 0.1) is 4.92 Å². The molecule has 2 heterocycles. The number of imide groups is 1. The van der Waals surface area contributed by atoms with Crippen LogP contribution in [0.2, 0.25) is 0 Å². The fourth-order valence-electron chi connectivity index (χ4n) is 2.08. The molecule has 1 aromatic heterocycles. The number of benzene rings is 1. The zero-order valence-electron chi connectivity index (χ0n) is 13.0. The SMILES string of the molecule is CN1C(=O)N/C(=C/c2ccc(Oc3ccc([N+](=O)[O-])cn3)cc2)C1=O. The summed E-state index contributed by atoms with van der Waals surface area (Å²) >= 11 is 0. The Morgan fingerprint density at radius 3 is 2.44 bits per heavy atom. The summed E-state index contributed by atoms with van der Waals surface area (Å²) < 4.78 is 5.49. The summed E-state index contributed by atoms with van der Waals surface area (Å²) in [6, 6.07) is 8.93. The zero-order valence-corrected chi connectivity index (χ0v) is 13.0. The lowest BCUT2D eigenvalue weighted by atomic mass is 10.2. The van der Waals surface area contributed by atoms with Gasteiger partial charge in [0, 0.05) is 19.2 Å². The largest absolute Gasteiger partial charge is 0.439 e. The Labute approximate surface area is 141 Å². The Balaban J connectivity index is 1.71. The molecule has 0 spiro atoms. The van der Waals surface area contributed by atoms with Crippen molar-refractivity contribution in [1.29, 1.82) is 0 Å². The lowest BCUT2D eigenvalue weighted by Crippen LogP contribution is -2.25. The van der Waals surface area contributed by atoms with E-state index in [1.165, 1.54) is 19.2 Å². The molecule has 1 aromatic carbocycles. The van der Waals surface area contributed by atoms with Gasteiger partial charge in [-0.05, 0) is 23.8 Å². The highest BCUT2D eigenvalue weighted by Crippen LogP contribution is 2.22. The molecule has 9 nitrogen and oxygen atoms in total. The first-order valence-electron chi connectivity index (χ1n) is 7.13. The van der Waals surface area contributed by atoms with Gasteiger partial charge in [-0.1, -0.05) is 12.1 Å². The Morgan fingerprint density at radius 1 is 1.20 bits per heavy atom. The minimum Gasteiger partial charge on any atom is -0.439 e. The van der Waals surface area contributed by atoms with Gasteiger partial charge in [0.25, 0.3) is 11.6 Å². The molecular formula is C16H12N4O5. The van der Waals surface area contributed by atoms with Gasteiger partial charge in [-0.3, -0.25) is 19.8 Å². The van der Waals surface area contributed by atoms with E-state index in [1.54, 1.807) is 30.3 Å². The summed E-state index contributed by atoms with van der Waals surface area (Å²) in [5.74, 6) is 0.291. The van der Waals surface area contributed by atoms with Crippen LogP contribution >= 0.6 is 0 Å². The summed E-state index contributed by atoms with van der Waals surface area (Å²) in [4.78, 5) is 38.1. The normalized spacial score (nSPS) is 15.4. The van der Waals surface area contributed by atoms with Crippen LogP contribution in [-0.4, -0.2) is 33.8 Å². The third-order valence-electron chi connectivity index (χ3n) is 3.43. The second-order valence-corrected chi connectivity index (χ2v) is 5.14. The lowest BCUT2D eigenvalue weighted by Gasteiger charge is -2.04. The molecule has 0 radical (unpaired) electrons. The van der Waals surface area contributed by atoms with Gasteiger partial charge in [-0.15, -0.1) is 0 Å². The van der Waals surface area contributed by atoms with Crippen LogP contribution in [0, 0.1) is 10.1 Å². The monoisotopic (exact) mass is 340 g/mol. The third kappa shape index (κ3) is 3.44. The highest BCUT2D eigenvalue weighted by atomic mass is 16.6. The molecule has 3 amide bonds. The Morgan fingerprint density at radius 2 is 1.92 bits per heavy atom. The van der Waals surface area contributed by atoms with E-state index in [0.29, 0.717) is 11.3 Å². The van der Waals surface area contributed by atoms with E-state index in [-0.39, 0.29) is 17.3 Å². The van der Waals surface area contributed by atoms with E-state index in [2.05, 4.69) is 10.3 Å². The van der Waals surface area contributed by atoms with Crippen molar-refractivity contribution in [2.75, 3.05) is 7.05 Å². The van der Waals surface area contributed by atoms with Crippen LogP contribution in [0.15, 0.2) is 48.3 Å². The van der Waals surface area contributed by atoms with Crippen molar-refractivity contribution in [3.8, 4) is 11.6 Å². The number of urea groups is 1. The van der Waals surface area contributed by atoms with Gasteiger partial charge in [-0.25, -0.2) is 9.78 Å². The van der Waals surface area contributed by atoms with E-state index in [1.807, 2.05) is 0 Å². The van der Waals surface area contributed by atoms with Gasteiger partial charge in [-0.2, -0.15) is 0 Å². The minimum atomic E-state index is -0.542. The number of ether oxygens (including phenoxy) is 1. The van der Waals surface area contributed by atoms with Crippen molar-refractivity contribution < 1.29 is 19.2 Å². The summed E-state index contributed by atoms with van der Waals surface area (Å²) in [6.07, 6.45) is 2.66. The van der Waals surface area contributed by atoms with Gasteiger partial charge in [0.15, 0.2) is 0 Å². The predicted molar refractivity (Wildman–Crippen MR) is 86.7 cm³/mol. The first kappa shape index (κ1) is 16.1. The Bertz CT molecular complexity index is 874. The number of pyridine rings is 1. The van der Waals surface area contributed by atoms with E-state index in [9.17, 15) is 19.7 Å². The molecule has 1 aliphatic heterocycles. The summed E-state index contributed by atoms with van der Waals surface area (Å²) in [5, 5.41) is 13.1. The van der Waals surface area contributed by atoms with Crippen LogP contribution in [0.25, 0.3) is 6.08 Å². The lowest BCUT2D eigenvalue weighted by molar-refractivity contribution is -0.385. The first-order valence-corrected chi connectivity index (χ1v) is 7.13. The number of nitro groups is 1. The molecule has 126 valence electrons. The molecule has 2 aromatic rings. The number of aromatic nitrogens is 1. The van der Waals surface area contributed by atoms with Gasteiger partial charge >= 0.3 is 6.03 Å². The molecule has 9 heteroatoms. The molecule has 1 aliphatic rings. The van der Waals surface area contributed by atoms with Crippen molar-refractivity contribution in [3.05, 3.63) is 64.0 Å². The maximum absolute atomic E-state index is 11.8. The molecule has 25 heavy (non-hydrogen) atoms. The number of likely N-dealkylation sites (N-methyl/N-ethyl adjacent to an activating group) is 1. The standard InChI is InChI=1S/C16H12N4O5/c1-19-15(21)13(18-16(19)22)8-10-2-5-12(6-3-10)25-14-7-4-11(9-17-14)20(23)24/h2-9H,1H3,(H,18,22)/b13-8+. The highest BCUT2D eigenvalue weighted by molar-refractivity contribution is 6.13. The van der Waals surface area contributed by atoms with Crippen LogP contribution in [0.1, 0.15) is 5.56 Å². The zero-order chi connectivity index (χ0) is 18.0. The number of rotatable bonds is 4. The molecule has 0 bridgehead atoms. The average molecular weight is 340 g/mol. The summed E-state index contributed by atoms with van der Waals surface area (Å²) in [5.41, 5.74) is 0.767. The summed E-state index contributed by atoms with van der Waals surface area (Å²) in [6.45, 7) is 0. The fraction of sp³-hybridized carbons (Fsp3) is 0.0625. The Kier molecular flexibility index (Phi) is 4.12. The smallest absolute Gasteiger partial charge is 0.328 e. The average Bonchev–Trinajstić information content (AvgIpc) is 2.84. The maximum atomic E-state index is 11.8. The fourth-order valence-corrected chi connectivity index (χ4v) is 2.08. The number of hydrogen-bond donors (Lipinski definition) is 1. The molecular weight excluding hydrogens is 328 g/mol. The van der Waals surface area contributed by atoms with E-state index >= 15 is 0 Å². The van der Waals surface area contributed by atoms with E-state index < -0.39 is 16.9 Å². The number of carbonyl (C=O) groups excluding carboxylic acids is 2. The second-order valence-electron chi connectivity index (χ2n) is 5.14. The second kappa shape index (κ2) is 6.40.